The summed E-state index contributed by atoms with van der Waals surface area (Å²) in [5.41, 5.74) is 1.92. The molecule has 0 amide bonds. The summed E-state index contributed by atoms with van der Waals surface area (Å²) in [5.74, 6) is 0. The quantitative estimate of drug-likeness (QED) is 0.810. The Labute approximate surface area is 120 Å². The van der Waals surface area contributed by atoms with Gasteiger partial charge in [-0.25, -0.2) is 0 Å². The number of nitrogens with one attached hydrogen (secondary N) is 1. The molecule has 0 radical (unpaired) electrons. The molecule has 0 bridgehead atoms. The fraction of sp³-hybridized carbons (Fsp3) is 0.529. The van der Waals surface area contributed by atoms with E-state index in [1.807, 2.05) is 11.3 Å². The molecule has 0 saturated heterocycles. The Kier molecular flexibility index (Phi) is 3.64. The summed E-state index contributed by atoms with van der Waals surface area (Å²) < 4.78 is 1.42. The van der Waals surface area contributed by atoms with E-state index in [1.165, 1.54) is 41.3 Å². The molecular weight excluding hydrogens is 250 g/mol. The smallest absolute Gasteiger partial charge is 0.0345 e. The van der Waals surface area contributed by atoms with Gasteiger partial charge in [-0.05, 0) is 53.5 Å². The van der Waals surface area contributed by atoms with E-state index in [4.69, 9.17) is 0 Å². The Morgan fingerprint density at radius 3 is 2.84 bits per heavy atom. The lowest BCUT2D eigenvalue weighted by atomic mass is 9.86. The minimum atomic E-state index is 0.394. The molecular formula is C17H23NS. The molecule has 1 aromatic heterocycles. The number of hydrogen-bond acceptors (Lipinski definition) is 2. The van der Waals surface area contributed by atoms with Crippen molar-refractivity contribution in [2.24, 2.45) is 5.41 Å². The second-order valence-corrected chi connectivity index (χ2v) is 7.49. The number of rotatable bonds is 6. The summed E-state index contributed by atoms with van der Waals surface area (Å²) in [7, 11) is 0. The maximum atomic E-state index is 3.67. The Hall–Kier alpha value is -0.860. The van der Waals surface area contributed by atoms with Crippen LogP contribution in [-0.2, 0) is 6.42 Å². The van der Waals surface area contributed by atoms with Crippen molar-refractivity contribution in [2.75, 3.05) is 6.54 Å². The lowest BCUT2D eigenvalue weighted by molar-refractivity contribution is 0.314. The Morgan fingerprint density at radius 2 is 2.05 bits per heavy atom. The molecule has 1 N–H and O–H groups in total. The van der Waals surface area contributed by atoms with Gasteiger partial charge >= 0.3 is 0 Å². The van der Waals surface area contributed by atoms with Crippen LogP contribution < -0.4 is 5.32 Å². The van der Waals surface area contributed by atoms with E-state index < -0.39 is 0 Å². The zero-order valence-corrected chi connectivity index (χ0v) is 12.7. The van der Waals surface area contributed by atoms with Crippen LogP contribution in [0.5, 0.6) is 0 Å². The van der Waals surface area contributed by atoms with E-state index in [1.54, 1.807) is 0 Å². The van der Waals surface area contributed by atoms with E-state index in [9.17, 15) is 0 Å². The fourth-order valence-corrected chi connectivity index (χ4v) is 3.49. The maximum Gasteiger partial charge on any atom is 0.0345 e. The first-order valence-corrected chi connectivity index (χ1v) is 8.20. The van der Waals surface area contributed by atoms with Gasteiger partial charge in [0.15, 0.2) is 0 Å². The lowest BCUT2D eigenvalue weighted by Gasteiger charge is -2.25. The topological polar surface area (TPSA) is 12.0 Å². The third-order valence-corrected chi connectivity index (χ3v) is 5.09. The normalized spacial score (nSPS) is 16.1. The third kappa shape index (κ3) is 3.37. The number of fused-ring (bicyclic) bond motifs is 1. The van der Waals surface area contributed by atoms with Crippen molar-refractivity contribution in [1.29, 1.82) is 0 Å². The highest BCUT2D eigenvalue weighted by molar-refractivity contribution is 7.17. The average Bonchev–Trinajstić information content (AvgIpc) is 3.14. The molecule has 1 nitrogen and oxygen atoms in total. The van der Waals surface area contributed by atoms with Crippen LogP contribution in [0.15, 0.2) is 29.6 Å². The van der Waals surface area contributed by atoms with E-state index in [2.05, 4.69) is 48.8 Å². The van der Waals surface area contributed by atoms with E-state index in [0.717, 1.165) is 12.6 Å². The van der Waals surface area contributed by atoms with E-state index in [0.29, 0.717) is 5.41 Å². The van der Waals surface area contributed by atoms with Crippen LogP contribution in [0.1, 0.15) is 38.7 Å². The zero-order valence-electron chi connectivity index (χ0n) is 11.9. The van der Waals surface area contributed by atoms with E-state index in [-0.39, 0.29) is 0 Å². The molecule has 0 aliphatic heterocycles. The Balaban J connectivity index is 1.61. The van der Waals surface area contributed by atoms with Gasteiger partial charge in [0, 0.05) is 17.3 Å². The minimum absolute atomic E-state index is 0.394. The molecule has 1 aliphatic rings. The van der Waals surface area contributed by atoms with Crippen LogP contribution in [-0.4, -0.2) is 12.6 Å². The molecule has 1 heterocycles. The first-order chi connectivity index (χ1) is 9.14. The highest BCUT2D eigenvalue weighted by atomic mass is 32.1. The van der Waals surface area contributed by atoms with Crippen molar-refractivity contribution >= 4 is 21.4 Å². The number of aryl methyl sites for hydroxylation is 1. The van der Waals surface area contributed by atoms with Crippen LogP contribution in [0.3, 0.4) is 0 Å². The molecule has 0 unspecified atom stereocenters. The molecule has 0 spiro atoms. The second kappa shape index (κ2) is 5.26. The molecule has 1 aromatic carbocycles. The molecule has 1 saturated carbocycles. The van der Waals surface area contributed by atoms with Crippen LogP contribution >= 0.6 is 11.3 Å². The van der Waals surface area contributed by atoms with Gasteiger partial charge in [0.2, 0.25) is 0 Å². The summed E-state index contributed by atoms with van der Waals surface area (Å²) in [6.07, 6.45) is 5.22. The predicted molar refractivity (Wildman–Crippen MR) is 85.0 cm³/mol. The third-order valence-electron chi connectivity index (χ3n) is 4.08. The van der Waals surface area contributed by atoms with E-state index >= 15 is 0 Å². The van der Waals surface area contributed by atoms with Gasteiger partial charge in [-0.1, -0.05) is 32.0 Å². The largest absolute Gasteiger partial charge is 0.313 e. The van der Waals surface area contributed by atoms with Crippen molar-refractivity contribution < 1.29 is 0 Å². The standard InChI is InChI=1S/C17H23NS/c1-17(2,12-18-14-7-8-14)10-9-13-11-19-16-6-4-3-5-15(13)16/h3-6,11,14,18H,7-10,12H2,1-2H3. The van der Waals surface area contributed by atoms with Gasteiger partial charge < -0.3 is 5.32 Å². The van der Waals surface area contributed by atoms with Gasteiger partial charge in [-0.3, -0.25) is 0 Å². The van der Waals surface area contributed by atoms with Crippen molar-refractivity contribution in [2.45, 2.75) is 45.6 Å². The van der Waals surface area contributed by atoms with Crippen molar-refractivity contribution in [3.05, 3.63) is 35.2 Å². The van der Waals surface area contributed by atoms with Gasteiger partial charge in [-0.2, -0.15) is 0 Å². The Morgan fingerprint density at radius 1 is 1.26 bits per heavy atom. The van der Waals surface area contributed by atoms with Gasteiger partial charge in [0.05, 0.1) is 0 Å². The number of hydrogen-bond donors (Lipinski definition) is 1. The second-order valence-electron chi connectivity index (χ2n) is 6.58. The summed E-state index contributed by atoms with van der Waals surface area (Å²) in [6.45, 7) is 5.92. The molecule has 2 aromatic rings. The van der Waals surface area contributed by atoms with Crippen molar-refractivity contribution in [3.63, 3.8) is 0 Å². The predicted octanol–water partition coefficient (Wildman–Crippen LogP) is 4.61. The Bertz CT molecular complexity index is 551. The molecule has 1 fully saturated rings. The highest BCUT2D eigenvalue weighted by Gasteiger charge is 2.25. The lowest BCUT2D eigenvalue weighted by Crippen LogP contribution is -2.31. The molecule has 19 heavy (non-hydrogen) atoms. The molecule has 0 atom stereocenters. The molecule has 3 rings (SSSR count). The molecule has 102 valence electrons. The van der Waals surface area contributed by atoms with Crippen molar-refractivity contribution in [1.82, 2.24) is 5.32 Å². The first-order valence-electron chi connectivity index (χ1n) is 7.33. The summed E-state index contributed by atoms with van der Waals surface area (Å²) in [4.78, 5) is 0. The first kappa shape index (κ1) is 13.1. The molecule has 2 heteroatoms. The van der Waals surface area contributed by atoms with Crippen LogP contribution in [0.25, 0.3) is 10.1 Å². The fourth-order valence-electron chi connectivity index (χ4n) is 2.50. The number of thiophene rings is 1. The zero-order chi connectivity index (χ0) is 13.3. The average molecular weight is 273 g/mol. The highest BCUT2D eigenvalue weighted by Crippen LogP contribution is 2.30. The minimum Gasteiger partial charge on any atom is -0.313 e. The van der Waals surface area contributed by atoms with Gasteiger partial charge in [0.1, 0.15) is 0 Å². The summed E-state index contributed by atoms with van der Waals surface area (Å²) in [6, 6.07) is 9.59. The summed E-state index contributed by atoms with van der Waals surface area (Å²) >= 11 is 1.88. The van der Waals surface area contributed by atoms with Gasteiger partial charge in [0.25, 0.3) is 0 Å². The van der Waals surface area contributed by atoms with Crippen LogP contribution in [0, 0.1) is 5.41 Å². The monoisotopic (exact) mass is 273 g/mol. The van der Waals surface area contributed by atoms with Crippen LogP contribution in [0.4, 0.5) is 0 Å². The van der Waals surface area contributed by atoms with Gasteiger partial charge in [-0.15, -0.1) is 11.3 Å². The maximum absolute atomic E-state index is 3.67. The van der Waals surface area contributed by atoms with Crippen LogP contribution in [0.2, 0.25) is 0 Å². The molecule has 1 aliphatic carbocycles. The SMILES string of the molecule is CC(C)(CCc1csc2ccccc12)CNC1CC1. The summed E-state index contributed by atoms with van der Waals surface area (Å²) in [5, 5.41) is 7.47. The van der Waals surface area contributed by atoms with Crippen molar-refractivity contribution in [3.8, 4) is 0 Å². The number of benzene rings is 1.